The molecule has 0 radical (unpaired) electrons. The van der Waals surface area contributed by atoms with Gasteiger partial charge in [0, 0.05) is 0 Å². The van der Waals surface area contributed by atoms with Gasteiger partial charge in [-0.1, -0.05) is 25.5 Å². The van der Waals surface area contributed by atoms with Gasteiger partial charge in [-0.2, -0.15) is 5.26 Å². The van der Waals surface area contributed by atoms with E-state index in [1.54, 1.807) is 0 Å². The first-order chi connectivity index (χ1) is 8.33. The van der Waals surface area contributed by atoms with Gasteiger partial charge < -0.3 is 9.47 Å². The van der Waals surface area contributed by atoms with Gasteiger partial charge in [0.1, 0.15) is 6.10 Å². The van der Waals surface area contributed by atoms with Gasteiger partial charge in [0.2, 0.25) is 0 Å². The largest absolute Gasteiger partial charge is 0.373 e. The molecule has 1 aromatic carbocycles. The topological polar surface area (TPSA) is 42.2 Å². The molecule has 0 aromatic heterocycles. The molecule has 1 heterocycles. The summed E-state index contributed by atoms with van der Waals surface area (Å²) in [4.78, 5) is 0. The van der Waals surface area contributed by atoms with Crippen LogP contribution in [0.4, 0.5) is 0 Å². The van der Waals surface area contributed by atoms with Gasteiger partial charge in [-0.15, -0.1) is 0 Å². The number of ether oxygens (including phenoxy) is 2. The van der Waals surface area contributed by atoms with Crippen molar-refractivity contribution in [1.29, 1.82) is 5.26 Å². The fourth-order valence-corrected chi connectivity index (χ4v) is 2.00. The van der Waals surface area contributed by atoms with Crippen LogP contribution in [0, 0.1) is 11.3 Å². The van der Waals surface area contributed by atoms with Crippen LogP contribution in [-0.2, 0) is 9.47 Å². The molecule has 0 bridgehead atoms. The van der Waals surface area contributed by atoms with Gasteiger partial charge >= 0.3 is 0 Å². The second-order valence-corrected chi connectivity index (χ2v) is 4.30. The number of nitrogens with zero attached hydrogens (tertiary/aromatic N) is 1. The standard InChI is InChI=1S/C14H17NO2/c1-2-3-13-9-17-14(10-16-13)12-6-4-11(8-15)5-7-12/h4-7,13-14H,2-3,9-10H2,1H3/t13-,14-/m1/s1. The van der Waals surface area contributed by atoms with E-state index in [1.807, 2.05) is 24.3 Å². The van der Waals surface area contributed by atoms with Crippen LogP contribution in [0.3, 0.4) is 0 Å². The molecule has 1 aromatic rings. The first kappa shape index (κ1) is 12.1. The molecule has 1 fully saturated rings. The number of hydrogen-bond donors (Lipinski definition) is 0. The summed E-state index contributed by atoms with van der Waals surface area (Å²) < 4.78 is 11.5. The number of nitriles is 1. The average Bonchev–Trinajstić information content (AvgIpc) is 2.40. The summed E-state index contributed by atoms with van der Waals surface area (Å²) in [5.74, 6) is 0. The van der Waals surface area contributed by atoms with E-state index in [1.165, 1.54) is 0 Å². The number of benzene rings is 1. The molecule has 3 nitrogen and oxygen atoms in total. The van der Waals surface area contributed by atoms with Crippen molar-refractivity contribution in [3.8, 4) is 6.07 Å². The molecule has 1 aliphatic heterocycles. The molecule has 2 rings (SSSR count). The predicted molar refractivity (Wildman–Crippen MR) is 64.5 cm³/mol. The van der Waals surface area contributed by atoms with Gasteiger partial charge in [0.15, 0.2) is 0 Å². The fraction of sp³-hybridized carbons (Fsp3) is 0.500. The zero-order valence-corrected chi connectivity index (χ0v) is 10.1. The van der Waals surface area contributed by atoms with E-state index in [2.05, 4.69) is 13.0 Å². The summed E-state index contributed by atoms with van der Waals surface area (Å²) in [6, 6.07) is 9.62. The molecule has 0 N–H and O–H groups in total. The van der Waals surface area contributed by atoms with Crippen molar-refractivity contribution in [2.45, 2.75) is 32.0 Å². The van der Waals surface area contributed by atoms with Crippen LogP contribution in [0.1, 0.15) is 37.0 Å². The fourth-order valence-electron chi connectivity index (χ4n) is 2.00. The Morgan fingerprint density at radius 2 is 2.00 bits per heavy atom. The minimum atomic E-state index is 0.0100. The lowest BCUT2D eigenvalue weighted by molar-refractivity contribution is -0.137. The first-order valence-electron chi connectivity index (χ1n) is 6.06. The molecule has 0 spiro atoms. The van der Waals surface area contributed by atoms with Crippen molar-refractivity contribution in [2.24, 2.45) is 0 Å². The van der Waals surface area contributed by atoms with Crippen LogP contribution in [0.2, 0.25) is 0 Å². The van der Waals surface area contributed by atoms with E-state index in [4.69, 9.17) is 14.7 Å². The Bertz CT molecular complexity index is 386. The smallest absolute Gasteiger partial charge is 0.106 e. The monoisotopic (exact) mass is 231 g/mol. The van der Waals surface area contributed by atoms with Crippen molar-refractivity contribution < 1.29 is 9.47 Å². The Morgan fingerprint density at radius 1 is 1.24 bits per heavy atom. The Balaban J connectivity index is 1.94. The van der Waals surface area contributed by atoms with Gasteiger partial charge in [-0.25, -0.2) is 0 Å². The van der Waals surface area contributed by atoms with Crippen LogP contribution >= 0.6 is 0 Å². The number of rotatable bonds is 3. The van der Waals surface area contributed by atoms with Gasteiger partial charge in [0.05, 0.1) is 31.0 Å². The van der Waals surface area contributed by atoms with E-state index in [0.717, 1.165) is 18.4 Å². The van der Waals surface area contributed by atoms with Gasteiger partial charge in [0.25, 0.3) is 0 Å². The normalized spacial score (nSPS) is 24.2. The summed E-state index contributed by atoms with van der Waals surface area (Å²) in [7, 11) is 0. The van der Waals surface area contributed by atoms with E-state index in [-0.39, 0.29) is 12.2 Å². The van der Waals surface area contributed by atoms with E-state index in [9.17, 15) is 0 Å². The quantitative estimate of drug-likeness (QED) is 0.803. The lowest BCUT2D eigenvalue weighted by Gasteiger charge is -2.29. The van der Waals surface area contributed by atoms with Gasteiger partial charge in [-0.05, 0) is 24.1 Å². The van der Waals surface area contributed by atoms with Crippen LogP contribution in [0.25, 0.3) is 0 Å². The Kier molecular flexibility index (Phi) is 4.13. The minimum Gasteiger partial charge on any atom is -0.373 e. The van der Waals surface area contributed by atoms with Crippen molar-refractivity contribution >= 4 is 0 Å². The van der Waals surface area contributed by atoms with Crippen molar-refractivity contribution in [3.05, 3.63) is 35.4 Å². The molecule has 1 aliphatic rings. The highest BCUT2D eigenvalue weighted by molar-refractivity contribution is 5.32. The molecule has 0 unspecified atom stereocenters. The maximum Gasteiger partial charge on any atom is 0.106 e. The number of hydrogen-bond acceptors (Lipinski definition) is 3. The van der Waals surface area contributed by atoms with Crippen molar-refractivity contribution in [3.63, 3.8) is 0 Å². The highest BCUT2D eigenvalue weighted by Crippen LogP contribution is 2.24. The zero-order valence-electron chi connectivity index (χ0n) is 10.1. The summed E-state index contributed by atoms with van der Waals surface area (Å²) in [5.41, 5.74) is 1.76. The summed E-state index contributed by atoms with van der Waals surface area (Å²) in [6.45, 7) is 3.42. The summed E-state index contributed by atoms with van der Waals surface area (Å²) in [6.07, 6.45) is 2.43. The van der Waals surface area contributed by atoms with Crippen LogP contribution < -0.4 is 0 Å². The maximum atomic E-state index is 8.73. The lowest BCUT2D eigenvalue weighted by Crippen LogP contribution is -2.30. The van der Waals surface area contributed by atoms with E-state index in [0.29, 0.717) is 18.8 Å². The zero-order chi connectivity index (χ0) is 12.1. The van der Waals surface area contributed by atoms with Crippen LogP contribution in [0.15, 0.2) is 24.3 Å². The molecule has 1 saturated heterocycles. The second kappa shape index (κ2) is 5.81. The average molecular weight is 231 g/mol. The third kappa shape index (κ3) is 3.06. The summed E-state index contributed by atoms with van der Waals surface area (Å²) >= 11 is 0. The molecule has 0 saturated carbocycles. The van der Waals surface area contributed by atoms with Crippen LogP contribution in [0.5, 0.6) is 0 Å². The van der Waals surface area contributed by atoms with Crippen molar-refractivity contribution in [2.75, 3.05) is 13.2 Å². The van der Waals surface area contributed by atoms with E-state index >= 15 is 0 Å². The molecular weight excluding hydrogens is 214 g/mol. The lowest BCUT2D eigenvalue weighted by atomic mass is 10.1. The van der Waals surface area contributed by atoms with Gasteiger partial charge in [-0.3, -0.25) is 0 Å². The molecule has 0 amide bonds. The molecular formula is C14H17NO2. The Labute approximate surface area is 102 Å². The van der Waals surface area contributed by atoms with Crippen molar-refractivity contribution in [1.82, 2.24) is 0 Å². The molecule has 90 valence electrons. The molecule has 3 heteroatoms. The minimum absolute atomic E-state index is 0.0100. The second-order valence-electron chi connectivity index (χ2n) is 4.30. The first-order valence-corrected chi connectivity index (χ1v) is 6.06. The Hall–Kier alpha value is -1.37. The molecule has 17 heavy (non-hydrogen) atoms. The third-order valence-electron chi connectivity index (χ3n) is 2.99. The molecule has 2 atom stereocenters. The maximum absolute atomic E-state index is 8.73. The SMILES string of the molecule is CCC[C@@H]1CO[C@@H](c2ccc(C#N)cc2)CO1. The van der Waals surface area contributed by atoms with E-state index < -0.39 is 0 Å². The molecule has 0 aliphatic carbocycles. The highest BCUT2D eigenvalue weighted by atomic mass is 16.6. The van der Waals surface area contributed by atoms with Crippen LogP contribution in [-0.4, -0.2) is 19.3 Å². The summed E-state index contributed by atoms with van der Waals surface area (Å²) in [5, 5.41) is 8.73. The highest BCUT2D eigenvalue weighted by Gasteiger charge is 2.22. The predicted octanol–water partition coefficient (Wildman–Crippen LogP) is 2.81. The Morgan fingerprint density at radius 3 is 2.53 bits per heavy atom. The third-order valence-corrected chi connectivity index (χ3v) is 2.99.